The minimum absolute atomic E-state index is 0.0198. The average molecular weight is 420 g/mol. The van der Waals surface area contributed by atoms with Crippen molar-refractivity contribution in [2.75, 3.05) is 13.1 Å². The third-order valence-corrected chi connectivity index (χ3v) is 5.53. The number of fused-ring (bicyclic) bond motifs is 1. The van der Waals surface area contributed by atoms with E-state index in [2.05, 4.69) is 4.98 Å². The summed E-state index contributed by atoms with van der Waals surface area (Å²) in [6.45, 7) is 1.11. The molecule has 1 atom stereocenters. The molecule has 28 heavy (non-hydrogen) atoms. The number of phenolic OH excluding ortho intramolecular Hbond substituents is 1. The lowest BCUT2D eigenvalue weighted by Gasteiger charge is -2.33. The highest BCUT2D eigenvalue weighted by atomic mass is 35.5. The van der Waals surface area contributed by atoms with Crippen LogP contribution < -0.4 is 5.69 Å². The van der Waals surface area contributed by atoms with Gasteiger partial charge in [0.25, 0.3) is 0 Å². The number of rotatable bonds is 3. The lowest BCUT2D eigenvalue weighted by Crippen LogP contribution is -2.43. The minimum Gasteiger partial charge on any atom is -0.508 e. The number of nitrogens with zero attached hydrogens (tertiary/aromatic N) is 2. The molecule has 2 aromatic carbocycles. The number of carbonyl (C=O) groups excluding carboxylic acids is 1. The molecule has 1 aliphatic heterocycles. The van der Waals surface area contributed by atoms with Gasteiger partial charge in [-0.1, -0.05) is 23.2 Å². The summed E-state index contributed by atoms with van der Waals surface area (Å²) in [5.74, 6) is 0.0788. The van der Waals surface area contributed by atoms with Crippen LogP contribution in [0.25, 0.3) is 11.0 Å². The summed E-state index contributed by atoms with van der Waals surface area (Å²) < 4.78 is 1.68. The molecule has 6 nitrogen and oxygen atoms in total. The zero-order valence-electron chi connectivity index (χ0n) is 15.0. The third kappa shape index (κ3) is 3.75. The molecule has 2 heterocycles. The van der Waals surface area contributed by atoms with E-state index >= 15 is 0 Å². The van der Waals surface area contributed by atoms with Crippen LogP contribution in [0.5, 0.6) is 5.75 Å². The van der Waals surface area contributed by atoms with Crippen LogP contribution in [-0.2, 0) is 11.2 Å². The average Bonchev–Trinajstić information content (AvgIpc) is 2.95. The zero-order chi connectivity index (χ0) is 19.8. The number of hydrogen-bond donors (Lipinski definition) is 2. The Morgan fingerprint density at radius 1 is 1.18 bits per heavy atom. The standard InChI is InChI=1S/C20H19Cl2N3O3/c21-13-6-12(7-14(22)9-13)8-19(27)24-5-1-2-15(11-24)25-18-4-3-16(26)10-17(18)23-20(25)28/h3-4,6-7,9-10,15,26H,1-2,5,8,11H2,(H,23,28)/t15-/m0/s1. The van der Waals surface area contributed by atoms with Gasteiger partial charge in [-0.2, -0.15) is 0 Å². The monoisotopic (exact) mass is 419 g/mol. The van der Waals surface area contributed by atoms with Gasteiger partial charge in [0.05, 0.1) is 23.5 Å². The van der Waals surface area contributed by atoms with Crippen LogP contribution in [0.1, 0.15) is 24.4 Å². The molecule has 8 heteroatoms. The maximum atomic E-state index is 12.8. The first kappa shape index (κ1) is 18.9. The SMILES string of the molecule is O=C(Cc1cc(Cl)cc(Cl)c1)N1CCC[C@H](n2c(=O)[nH]c3cc(O)ccc32)C1. The van der Waals surface area contributed by atoms with Gasteiger partial charge in [0, 0.05) is 29.2 Å². The Morgan fingerprint density at radius 2 is 1.93 bits per heavy atom. The fourth-order valence-corrected chi connectivity index (χ4v) is 4.44. The number of carbonyl (C=O) groups is 1. The number of amides is 1. The number of H-pyrrole nitrogens is 1. The number of likely N-dealkylation sites (tertiary alicyclic amines) is 1. The molecule has 1 fully saturated rings. The van der Waals surface area contributed by atoms with Crippen molar-refractivity contribution in [1.82, 2.24) is 14.5 Å². The minimum atomic E-state index is -0.235. The first-order chi connectivity index (χ1) is 13.4. The molecule has 4 rings (SSSR count). The molecule has 0 radical (unpaired) electrons. The Labute approximate surface area is 171 Å². The van der Waals surface area contributed by atoms with Gasteiger partial charge in [0.2, 0.25) is 5.91 Å². The van der Waals surface area contributed by atoms with Crippen molar-refractivity contribution >= 4 is 40.1 Å². The molecule has 0 aliphatic carbocycles. The summed E-state index contributed by atoms with van der Waals surface area (Å²) >= 11 is 12.1. The second-order valence-corrected chi connectivity index (χ2v) is 7.96. The molecule has 146 valence electrons. The predicted octanol–water partition coefficient (Wildman–Crippen LogP) is 3.75. The Hall–Kier alpha value is -2.44. The molecule has 1 amide bonds. The van der Waals surface area contributed by atoms with Crippen LogP contribution in [0, 0.1) is 0 Å². The number of halogens is 2. The van der Waals surface area contributed by atoms with Gasteiger partial charge in [0.15, 0.2) is 0 Å². The maximum Gasteiger partial charge on any atom is 0.326 e. The summed E-state index contributed by atoms with van der Waals surface area (Å²) in [7, 11) is 0. The second-order valence-electron chi connectivity index (χ2n) is 7.09. The number of aromatic amines is 1. The number of aromatic nitrogens is 2. The van der Waals surface area contributed by atoms with Crippen molar-refractivity contribution in [2.24, 2.45) is 0 Å². The van der Waals surface area contributed by atoms with Gasteiger partial charge in [-0.25, -0.2) is 4.79 Å². The van der Waals surface area contributed by atoms with Gasteiger partial charge in [-0.3, -0.25) is 9.36 Å². The van der Waals surface area contributed by atoms with E-state index < -0.39 is 0 Å². The van der Waals surface area contributed by atoms with E-state index in [1.54, 1.807) is 39.8 Å². The summed E-state index contributed by atoms with van der Waals surface area (Å²) in [5.41, 5.74) is 1.84. The maximum absolute atomic E-state index is 12.8. The van der Waals surface area contributed by atoms with Crippen LogP contribution in [0.2, 0.25) is 10.0 Å². The van der Waals surface area contributed by atoms with Crippen molar-refractivity contribution in [1.29, 1.82) is 0 Å². The summed E-state index contributed by atoms with van der Waals surface area (Å²) in [6.07, 6.45) is 1.83. The zero-order valence-corrected chi connectivity index (χ0v) is 16.5. The first-order valence-electron chi connectivity index (χ1n) is 9.06. The fraction of sp³-hybridized carbons (Fsp3) is 0.300. The van der Waals surface area contributed by atoms with Crippen LogP contribution in [-0.4, -0.2) is 38.6 Å². The van der Waals surface area contributed by atoms with Crippen molar-refractivity contribution in [2.45, 2.75) is 25.3 Å². The fourth-order valence-electron chi connectivity index (χ4n) is 3.87. The largest absolute Gasteiger partial charge is 0.508 e. The molecule has 0 unspecified atom stereocenters. The molecule has 1 aromatic heterocycles. The Bertz CT molecular complexity index is 1090. The van der Waals surface area contributed by atoms with Crippen molar-refractivity contribution in [3.8, 4) is 5.75 Å². The van der Waals surface area contributed by atoms with E-state index in [0.717, 1.165) is 23.9 Å². The van der Waals surface area contributed by atoms with E-state index in [4.69, 9.17) is 23.2 Å². The highest BCUT2D eigenvalue weighted by Gasteiger charge is 2.27. The summed E-state index contributed by atoms with van der Waals surface area (Å²) in [5, 5.41) is 10.6. The van der Waals surface area contributed by atoms with E-state index in [9.17, 15) is 14.7 Å². The first-order valence-corrected chi connectivity index (χ1v) is 9.82. The van der Waals surface area contributed by atoms with E-state index in [1.807, 2.05) is 0 Å². The molecule has 2 N–H and O–H groups in total. The highest BCUT2D eigenvalue weighted by Crippen LogP contribution is 2.26. The Balaban J connectivity index is 1.55. The molecule has 1 saturated heterocycles. The normalized spacial score (nSPS) is 17.2. The topological polar surface area (TPSA) is 78.3 Å². The predicted molar refractivity (Wildman–Crippen MR) is 109 cm³/mol. The highest BCUT2D eigenvalue weighted by molar-refractivity contribution is 6.34. The molecule has 0 spiro atoms. The number of imidazole rings is 1. The van der Waals surface area contributed by atoms with Crippen LogP contribution >= 0.6 is 23.2 Å². The Kier molecular flexibility index (Phi) is 5.08. The van der Waals surface area contributed by atoms with E-state index in [-0.39, 0.29) is 29.8 Å². The van der Waals surface area contributed by atoms with Gasteiger partial charge in [-0.05, 0) is 48.7 Å². The number of hydrogen-bond acceptors (Lipinski definition) is 3. The molecule has 3 aromatic rings. The van der Waals surface area contributed by atoms with Crippen molar-refractivity contribution in [3.05, 3.63) is 62.5 Å². The van der Waals surface area contributed by atoms with E-state index in [0.29, 0.717) is 28.7 Å². The number of aromatic hydroxyl groups is 1. The van der Waals surface area contributed by atoms with E-state index in [1.165, 1.54) is 6.07 Å². The number of phenols is 1. The van der Waals surface area contributed by atoms with Crippen molar-refractivity contribution < 1.29 is 9.90 Å². The number of nitrogens with one attached hydrogen (secondary N) is 1. The Morgan fingerprint density at radius 3 is 2.68 bits per heavy atom. The van der Waals surface area contributed by atoms with Crippen LogP contribution in [0.15, 0.2) is 41.2 Å². The molecular weight excluding hydrogens is 401 g/mol. The van der Waals surface area contributed by atoms with Gasteiger partial charge in [-0.15, -0.1) is 0 Å². The third-order valence-electron chi connectivity index (χ3n) is 5.09. The second kappa shape index (κ2) is 7.53. The lowest BCUT2D eigenvalue weighted by atomic mass is 10.0. The van der Waals surface area contributed by atoms with Crippen LogP contribution in [0.4, 0.5) is 0 Å². The lowest BCUT2D eigenvalue weighted by molar-refractivity contribution is -0.132. The number of piperidine rings is 1. The van der Waals surface area contributed by atoms with Crippen molar-refractivity contribution in [3.63, 3.8) is 0 Å². The van der Waals surface area contributed by atoms with Gasteiger partial charge >= 0.3 is 5.69 Å². The molecule has 0 saturated carbocycles. The number of benzene rings is 2. The molecule has 0 bridgehead atoms. The van der Waals surface area contributed by atoms with Gasteiger partial charge in [0.1, 0.15) is 5.75 Å². The van der Waals surface area contributed by atoms with Crippen LogP contribution in [0.3, 0.4) is 0 Å². The quantitative estimate of drug-likeness (QED) is 0.678. The molecule has 1 aliphatic rings. The van der Waals surface area contributed by atoms with Gasteiger partial charge < -0.3 is 15.0 Å². The summed E-state index contributed by atoms with van der Waals surface area (Å²) in [6, 6.07) is 9.80. The summed E-state index contributed by atoms with van der Waals surface area (Å²) in [4.78, 5) is 29.9. The smallest absolute Gasteiger partial charge is 0.326 e. The molecular formula is C20H19Cl2N3O3.